The Morgan fingerprint density at radius 3 is 2.47 bits per heavy atom. The van der Waals surface area contributed by atoms with Crippen molar-refractivity contribution in [3.8, 4) is 0 Å². The van der Waals surface area contributed by atoms with Crippen molar-refractivity contribution < 1.29 is 9.59 Å². The number of nitrogens with one attached hydrogen (secondary N) is 1. The molecule has 1 unspecified atom stereocenters. The first-order valence-corrected chi connectivity index (χ1v) is 5.76. The van der Waals surface area contributed by atoms with Gasteiger partial charge in [0.15, 0.2) is 0 Å². The summed E-state index contributed by atoms with van der Waals surface area (Å²) >= 11 is 0. The van der Waals surface area contributed by atoms with Crippen molar-refractivity contribution in [3.63, 3.8) is 0 Å². The van der Waals surface area contributed by atoms with Gasteiger partial charge < -0.3 is 11.1 Å². The lowest BCUT2D eigenvalue weighted by atomic mass is 9.98. The summed E-state index contributed by atoms with van der Waals surface area (Å²) in [6.45, 7) is 2.32. The average Bonchev–Trinajstić information content (AvgIpc) is 2.30. The number of benzene rings is 1. The highest BCUT2D eigenvalue weighted by Gasteiger charge is 2.23. The number of carbonyl (C=O) groups excluding carboxylic acids is 2. The lowest BCUT2D eigenvalue weighted by Crippen LogP contribution is -2.38. The fraction of sp³-hybridized carbons (Fsp3) is 0.385. The van der Waals surface area contributed by atoms with Crippen molar-refractivity contribution in [2.45, 2.75) is 19.8 Å². The van der Waals surface area contributed by atoms with Gasteiger partial charge in [-0.15, -0.1) is 0 Å². The number of primary amides is 1. The van der Waals surface area contributed by atoms with E-state index in [-0.39, 0.29) is 5.91 Å². The Labute approximate surface area is 101 Å². The van der Waals surface area contributed by atoms with E-state index in [1.54, 1.807) is 0 Å². The van der Waals surface area contributed by atoms with Crippen LogP contribution >= 0.6 is 0 Å². The number of hydrogen-bond acceptors (Lipinski definition) is 2. The van der Waals surface area contributed by atoms with E-state index in [1.807, 2.05) is 37.3 Å². The molecule has 92 valence electrons. The minimum Gasteiger partial charge on any atom is -0.369 e. The van der Waals surface area contributed by atoms with Crippen molar-refractivity contribution in [2.75, 3.05) is 6.54 Å². The van der Waals surface area contributed by atoms with Gasteiger partial charge in [-0.2, -0.15) is 0 Å². The quantitative estimate of drug-likeness (QED) is 0.716. The van der Waals surface area contributed by atoms with Crippen LogP contribution in [0, 0.1) is 5.92 Å². The lowest BCUT2D eigenvalue weighted by molar-refractivity contribution is -0.133. The van der Waals surface area contributed by atoms with Crippen molar-refractivity contribution in [3.05, 3.63) is 35.9 Å². The molecule has 1 aromatic rings. The molecule has 0 bridgehead atoms. The number of nitrogens with two attached hydrogens (primary N) is 1. The molecule has 0 saturated carbocycles. The lowest BCUT2D eigenvalue weighted by Gasteiger charge is -2.12. The van der Waals surface area contributed by atoms with Gasteiger partial charge in [-0.25, -0.2) is 0 Å². The highest BCUT2D eigenvalue weighted by atomic mass is 16.2. The van der Waals surface area contributed by atoms with E-state index in [9.17, 15) is 9.59 Å². The number of rotatable bonds is 6. The number of amides is 2. The minimum atomic E-state index is -0.741. The zero-order chi connectivity index (χ0) is 12.7. The maximum absolute atomic E-state index is 11.6. The highest BCUT2D eigenvalue weighted by Crippen LogP contribution is 2.10. The Balaban J connectivity index is 2.56. The summed E-state index contributed by atoms with van der Waals surface area (Å²) < 4.78 is 0. The van der Waals surface area contributed by atoms with Crippen LogP contribution in [0.15, 0.2) is 30.3 Å². The van der Waals surface area contributed by atoms with Gasteiger partial charge in [0.2, 0.25) is 11.8 Å². The van der Waals surface area contributed by atoms with Gasteiger partial charge in [0.05, 0.1) is 0 Å². The average molecular weight is 234 g/mol. The Hall–Kier alpha value is -1.84. The van der Waals surface area contributed by atoms with Crippen LogP contribution in [0.1, 0.15) is 18.9 Å². The van der Waals surface area contributed by atoms with Gasteiger partial charge in [0.1, 0.15) is 5.92 Å². The summed E-state index contributed by atoms with van der Waals surface area (Å²) in [6, 6.07) is 9.73. The summed E-state index contributed by atoms with van der Waals surface area (Å²) in [5, 5.41) is 2.62. The molecule has 0 spiro atoms. The second-order valence-corrected chi connectivity index (χ2v) is 3.87. The molecule has 0 aromatic heterocycles. The van der Waals surface area contributed by atoms with Crippen LogP contribution in [-0.4, -0.2) is 18.4 Å². The van der Waals surface area contributed by atoms with Crippen molar-refractivity contribution in [1.82, 2.24) is 5.32 Å². The second-order valence-electron chi connectivity index (χ2n) is 3.87. The highest BCUT2D eigenvalue weighted by molar-refractivity contribution is 5.99. The molecule has 4 nitrogen and oxygen atoms in total. The maximum Gasteiger partial charge on any atom is 0.232 e. The molecule has 0 aliphatic carbocycles. The normalized spacial score (nSPS) is 11.8. The monoisotopic (exact) mass is 234 g/mol. The number of carbonyl (C=O) groups is 2. The molecular formula is C13H18N2O2. The third-order valence-electron chi connectivity index (χ3n) is 2.58. The standard InChI is InChI=1S/C13H18N2O2/c1-2-15-13(17)11(12(14)16)9-8-10-6-4-3-5-7-10/h3-7,11H,2,8-9H2,1H3,(H2,14,16)(H,15,17). The smallest absolute Gasteiger partial charge is 0.232 e. The van der Waals surface area contributed by atoms with Crippen LogP contribution in [0.3, 0.4) is 0 Å². The van der Waals surface area contributed by atoms with E-state index in [0.717, 1.165) is 5.56 Å². The molecule has 1 rings (SSSR count). The van der Waals surface area contributed by atoms with E-state index in [1.165, 1.54) is 0 Å². The molecule has 3 N–H and O–H groups in total. The molecule has 4 heteroatoms. The van der Waals surface area contributed by atoms with Gasteiger partial charge in [0.25, 0.3) is 0 Å². The second kappa shape index (κ2) is 6.68. The van der Waals surface area contributed by atoms with E-state index in [4.69, 9.17) is 5.73 Å². The van der Waals surface area contributed by atoms with E-state index in [2.05, 4.69) is 5.32 Å². The van der Waals surface area contributed by atoms with Crippen molar-refractivity contribution in [1.29, 1.82) is 0 Å². The van der Waals surface area contributed by atoms with Gasteiger partial charge in [-0.1, -0.05) is 30.3 Å². The van der Waals surface area contributed by atoms with Crippen molar-refractivity contribution >= 4 is 11.8 Å². The summed E-state index contributed by atoms with van der Waals surface area (Å²) in [5.74, 6) is -1.59. The first-order valence-electron chi connectivity index (χ1n) is 5.76. The topological polar surface area (TPSA) is 72.2 Å². The van der Waals surface area contributed by atoms with E-state index in [0.29, 0.717) is 19.4 Å². The van der Waals surface area contributed by atoms with Gasteiger partial charge >= 0.3 is 0 Å². The molecule has 0 radical (unpaired) electrons. The Bertz CT molecular complexity index is 376. The fourth-order valence-electron chi connectivity index (χ4n) is 1.66. The Kier molecular flexibility index (Phi) is 5.20. The van der Waals surface area contributed by atoms with Crippen LogP contribution in [0.25, 0.3) is 0 Å². The molecule has 0 aliphatic rings. The molecule has 0 fully saturated rings. The van der Waals surface area contributed by atoms with Gasteiger partial charge in [-0.3, -0.25) is 9.59 Å². The van der Waals surface area contributed by atoms with Crippen LogP contribution in [-0.2, 0) is 16.0 Å². The molecule has 0 heterocycles. The fourth-order valence-corrected chi connectivity index (χ4v) is 1.66. The first kappa shape index (κ1) is 13.2. The number of aryl methyl sites for hydroxylation is 1. The number of hydrogen-bond donors (Lipinski definition) is 2. The predicted octanol–water partition coefficient (Wildman–Crippen LogP) is 0.857. The SMILES string of the molecule is CCNC(=O)C(CCc1ccccc1)C(N)=O. The third kappa shape index (κ3) is 4.26. The van der Waals surface area contributed by atoms with Crippen LogP contribution in [0.2, 0.25) is 0 Å². The largest absolute Gasteiger partial charge is 0.369 e. The molecule has 17 heavy (non-hydrogen) atoms. The first-order chi connectivity index (χ1) is 8.15. The molecule has 0 aliphatic heterocycles. The Morgan fingerprint density at radius 1 is 1.29 bits per heavy atom. The Morgan fingerprint density at radius 2 is 1.94 bits per heavy atom. The zero-order valence-corrected chi connectivity index (χ0v) is 9.98. The summed E-state index contributed by atoms with van der Waals surface area (Å²) in [7, 11) is 0. The van der Waals surface area contributed by atoms with Crippen LogP contribution < -0.4 is 11.1 Å². The van der Waals surface area contributed by atoms with E-state index < -0.39 is 11.8 Å². The third-order valence-corrected chi connectivity index (χ3v) is 2.58. The van der Waals surface area contributed by atoms with Crippen LogP contribution in [0.5, 0.6) is 0 Å². The molecule has 2 amide bonds. The zero-order valence-electron chi connectivity index (χ0n) is 9.98. The van der Waals surface area contributed by atoms with Gasteiger partial charge in [-0.05, 0) is 25.3 Å². The predicted molar refractivity (Wildman–Crippen MR) is 66.1 cm³/mol. The maximum atomic E-state index is 11.6. The van der Waals surface area contributed by atoms with Gasteiger partial charge in [0, 0.05) is 6.54 Å². The molecule has 0 saturated heterocycles. The van der Waals surface area contributed by atoms with Crippen molar-refractivity contribution in [2.24, 2.45) is 11.7 Å². The summed E-state index contributed by atoms with van der Waals surface area (Å²) in [6.07, 6.45) is 1.12. The minimum absolute atomic E-state index is 0.282. The summed E-state index contributed by atoms with van der Waals surface area (Å²) in [5.41, 5.74) is 6.33. The molecule has 1 atom stereocenters. The van der Waals surface area contributed by atoms with E-state index >= 15 is 0 Å². The summed E-state index contributed by atoms with van der Waals surface area (Å²) in [4.78, 5) is 22.8. The molecule has 1 aromatic carbocycles. The van der Waals surface area contributed by atoms with Crippen LogP contribution in [0.4, 0.5) is 0 Å². The molecular weight excluding hydrogens is 216 g/mol.